The van der Waals surface area contributed by atoms with E-state index >= 15 is 0 Å². The third kappa shape index (κ3) is 4.94. The lowest BCUT2D eigenvalue weighted by atomic mass is 9.78. The van der Waals surface area contributed by atoms with Gasteiger partial charge in [-0.05, 0) is 66.4 Å². The number of nitrogens with zero attached hydrogens (tertiary/aromatic N) is 1. The third-order valence-electron chi connectivity index (χ3n) is 5.76. The van der Waals surface area contributed by atoms with Crippen LogP contribution in [0.4, 0.5) is 10.1 Å². The molecule has 1 saturated heterocycles. The van der Waals surface area contributed by atoms with Gasteiger partial charge in [-0.3, -0.25) is 4.79 Å². The maximum atomic E-state index is 13.2. The SMILES string of the molecule is O=C(O)C#Cc1ccc(N2C(=O)[C@H](CC[C@H](O)c3ccc(F)cc3)[C@H]2c2cc[c]cc2)cc1. The van der Waals surface area contributed by atoms with Crippen molar-refractivity contribution in [2.75, 3.05) is 4.90 Å². The summed E-state index contributed by atoms with van der Waals surface area (Å²) in [5.74, 6) is 2.69. The van der Waals surface area contributed by atoms with E-state index in [0.29, 0.717) is 29.7 Å². The first-order chi connectivity index (χ1) is 15.9. The summed E-state index contributed by atoms with van der Waals surface area (Å²) in [5, 5.41) is 19.2. The van der Waals surface area contributed by atoms with Crippen LogP contribution >= 0.6 is 0 Å². The van der Waals surface area contributed by atoms with Crippen LogP contribution in [0.5, 0.6) is 0 Å². The van der Waals surface area contributed by atoms with Crippen molar-refractivity contribution in [3.8, 4) is 11.8 Å². The fraction of sp³-hybridized carbons (Fsp3) is 0.185. The Bertz CT molecular complexity index is 1200. The molecule has 0 aromatic heterocycles. The lowest BCUT2D eigenvalue weighted by molar-refractivity contribution is -0.131. The predicted molar refractivity (Wildman–Crippen MR) is 121 cm³/mol. The van der Waals surface area contributed by atoms with Crippen molar-refractivity contribution in [1.82, 2.24) is 0 Å². The molecule has 0 aliphatic carbocycles. The Hall–Kier alpha value is -3.95. The predicted octanol–water partition coefficient (Wildman–Crippen LogP) is 4.28. The Morgan fingerprint density at radius 3 is 2.36 bits per heavy atom. The number of aliphatic hydroxyl groups is 1. The van der Waals surface area contributed by atoms with E-state index in [0.717, 1.165) is 5.56 Å². The zero-order valence-electron chi connectivity index (χ0n) is 17.6. The molecule has 1 fully saturated rings. The van der Waals surface area contributed by atoms with Gasteiger partial charge in [-0.2, -0.15) is 0 Å². The number of carboxylic acid groups (broad SMARTS) is 1. The van der Waals surface area contributed by atoms with Crippen LogP contribution in [0.3, 0.4) is 0 Å². The first-order valence-electron chi connectivity index (χ1n) is 10.5. The highest BCUT2D eigenvalue weighted by molar-refractivity contribution is 6.03. The van der Waals surface area contributed by atoms with E-state index in [1.54, 1.807) is 53.4 Å². The molecule has 5 nitrogen and oxygen atoms in total. The number of aliphatic carboxylic acids is 1. The van der Waals surface area contributed by atoms with Gasteiger partial charge in [-0.15, -0.1) is 0 Å². The summed E-state index contributed by atoms with van der Waals surface area (Å²) in [6.07, 6.45) is 0.0540. The monoisotopic (exact) mass is 442 g/mol. The molecule has 6 heteroatoms. The van der Waals surface area contributed by atoms with Crippen molar-refractivity contribution in [2.24, 2.45) is 5.92 Å². The normalized spacial score (nSPS) is 18.1. The summed E-state index contributed by atoms with van der Waals surface area (Å²) in [4.78, 5) is 25.5. The topological polar surface area (TPSA) is 77.8 Å². The summed E-state index contributed by atoms with van der Waals surface area (Å²) in [6, 6.07) is 22.8. The molecule has 165 valence electrons. The van der Waals surface area contributed by atoms with E-state index in [9.17, 15) is 19.1 Å². The third-order valence-corrected chi connectivity index (χ3v) is 5.76. The Morgan fingerprint density at radius 1 is 1.06 bits per heavy atom. The number of carbonyl (C=O) groups is 2. The van der Waals surface area contributed by atoms with Crippen molar-refractivity contribution in [3.63, 3.8) is 0 Å². The number of anilines is 1. The van der Waals surface area contributed by atoms with Crippen LogP contribution < -0.4 is 4.90 Å². The Balaban J connectivity index is 1.53. The number of hydrogen-bond donors (Lipinski definition) is 2. The Morgan fingerprint density at radius 2 is 1.73 bits per heavy atom. The second-order valence-corrected chi connectivity index (χ2v) is 7.84. The van der Waals surface area contributed by atoms with Gasteiger partial charge < -0.3 is 15.1 Å². The Kier molecular flexibility index (Phi) is 6.53. The molecule has 1 amide bonds. The highest BCUT2D eigenvalue weighted by Gasteiger charge is 2.48. The van der Waals surface area contributed by atoms with Crippen molar-refractivity contribution in [3.05, 3.63) is 101 Å². The average Bonchev–Trinajstić information content (AvgIpc) is 2.82. The van der Waals surface area contributed by atoms with Crippen LogP contribution in [0.1, 0.15) is 41.7 Å². The van der Waals surface area contributed by atoms with Gasteiger partial charge in [0.2, 0.25) is 5.91 Å². The largest absolute Gasteiger partial charge is 0.472 e. The van der Waals surface area contributed by atoms with Gasteiger partial charge in [0.15, 0.2) is 0 Å². The molecule has 1 aliphatic rings. The minimum atomic E-state index is -1.20. The molecular weight excluding hydrogens is 421 g/mol. The summed E-state index contributed by atoms with van der Waals surface area (Å²) in [7, 11) is 0. The number of halogens is 1. The maximum absolute atomic E-state index is 13.2. The standard InChI is InChI=1S/C27H21FNO4/c28-21-11-9-19(10-12-21)24(30)16-15-23-26(20-4-2-1-3-5-20)29(27(23)33)22-13-6-18(7-14-22)8-17-25(31)32/h2-7,9-14,23-24,26,30H,15-16H2,(H,31,32)/t23-,24+,26-/m1/s1. The van der Waals surface area contributed by atoms with Gasteiger partial charge in [0.25, 0.3) is 0 Å². The van der Waals surface area contributed by atoms with E-state index in [-0.39, 0.29) is 23.7 Å². The van der Waals surface area contributed by atoms with Crippen LogP contribution in [0, 0.1) is 29.6 Å². The highest BCUT2D eigenvalue weighted by Crippen LogP contribution is 2.46. The van der Waals surface area contributed by atoms with Gasteiger partial charge in [0, 0.05) is 17.2 Å². The van der Waals surface area contributed by atoms with Crippen LogP contribution in [0.25, 0.3) is 0 Å². The van der Waals surface area contributed by atoms with Gasteiger partial charge in [0.05, 0.1) is 18.1 Å². The molecule has 0 spiro atoms. The van der Waals surface area contributed by atoms with Crippen molar-refractivity contribution < 1.29 is 24.2 Å². The summed E-state index contributed by atoms with van der Waals surface area (Å²) in [5.41, 5.74) is 2.81. The second kappa shape index (κ2) is 9.68. The molecule has 0 unspecified atom stereocenters. The molecule has 1 heterocycles. The van der Waals surface area contributed by atoms with Gasteiger partial charge >= 0.3 is 5.97 Å². The summed E-state index contributed by atoms with van der Waals surface area (Å²) < 4.78 is 13.2. The average molecular weight is 442 g/mol. The number of aliphatic hydroxyl groups excluding tert-OH is 1. The number of amides is 1. The number of rotatable bonds is 6. The molecule has 3 aromatic carbocycles. The first kappa shape index (κ1) is 22.3. The van der Waals surface area contributed by atoms with E-state index in [1.165, 1.54) is 12.1 Å². The smallest absolute Gasteiger partial charge is 0.382 e. The van der Waals surface area contributed by atoms with Crippen molar-refractivity contribution >= 4 is 17.6 Å². The molecule has 1 aliphatic heterocycles. The zero-order valence-corrected chi connectivity index (χ0v) is 17.6. The van der Waals surface area contributed by atoms with Crippen LogP contribution in [-0.2, 0) is 9.59 Å². The minimum absolute atomic E-state index is 0.0523. The van der Waals surface area contributed by atoms with Gasteiger partial charge in [-0.25, -0.2) is 9.18 Å². The fourth-order valence-corrected chi connectivity index (χ4v) is 4.12. The van der Waals surface area contributed by atoms with E-state index in [2.05, 4.69) is 17.9 Å². The molecule has 0 bridgehead atoms. The molecule has 1 radical (unpaired) electrons. The van der Waals surface area contributed by atoms with Gasteiger partial charge in [0.1, 0.15) is 5.82 Å². The van der Waals surface area contributed by atoms with E-state index < -0.39 is 12.1 Å². The van der Waals surface area contributed by atoms with Crippen LogP contribution in [0.15, 0.2) is 72.8 Å². The molecular formula is C27H21FNO4. The summed E-state index contributed by atoms with van der Waals surface area (Å²) >= 11 is 0. The van der Waals surface area contributed by atoms with Crippen molar-refractivity contribution in [2.45, 2.75) is 25.0 Å². The molecule has 3 atom stereocenters. The highest BCUT2D eigenvalue weighted by atomic mass is 19.1. The number of carboxylic acids is 1. The molecule has 33 heavy (non-hydrogen) atoms. The quantitative estimate of drug-likeness (QED) is 0.441. The fourth-order valence-electron chi connectivity index (χ4n) is 4.12. The van der Waals surface area contributed by atoms with E-state index in [4.69, 9.17) is 5.11 Å². The Labute approximate surface area is 191 Å². The van der Waals surface area contributed by atoms with Crippen LogP contribution in [0.2, 0.25) is 0 Å². The summed E-state index contributed by atoms with van der Waals surface area (Å²) in [6.45, 7) is 0. The van der Waals surface area contributed by atoms with Crippen molar-refractivity contribution in [1.29, 1.82) is 0 Å². The lowest BCUT2D eigenvalue weighted by Gasteiger charge is -2.48. The van der Waals surface area contributed by atoms with E-state index in [1.807, 2.05) is 12.1 Å². The minimum Gasteiger partial charge on any atom is -0.472 e. The maximum Gasteiger partial charge on any atom is 0.382 e. The molecule has 3 aromatic rings. The molecule has 2 N–H and O–H groups in total. The first-order valence-corrected chi connectivity index (χ1v) is 10.5. The molecule has 4 rings (SSSR count). The zero-order chi connectivity index (χ0) is 23.4. The lowest BCUT2D eigenvalue weighted by Crippen LogP contribution is -2.55. The number of β-lactam (4-membered cyclic amide) rings is 1. The number of benzene rings is 3. The molecule has 0 saturated carbocycles. The second-order valence-electron chi connectivity index (χ2n) is 7.84. The van der Waals surface area contributed by atoms with Gasteiger partial charge in [-0.1, -0.05) is 42.3 Å². The number of hydrogen-bond acceptors (Lipinski definition) is 3. The van der Waals surface area contributed by atoms with Crippen LogP contribution in [-0.4, -0.2) is 22.1 Å². The number of carbonyl (C=O) groups excluding carboxylic acids is 1.